The predicted molar refractivity (Wildman–Crippen MR) is 114 cm³/mol. The SMILES string of the molecule is CCn1c(S[C@H](C)C(=O)NCCc2ccc(OC)cc2)nnc1N1CCOCC1. The van der Waals surface area contributed by atoms with E-state index in [0.29, 0.717) is 19.8 Å². The minimum atomic E-state index is -0.252. The maximum absolute atomic E-state index is 12.5. The van der Waals surface area contributed by atoms with Gasteiger partial charge in [-0.15, -0.1) is 10.2 Å². The van der Waals surface area contributed by atoms with Crippen molar-refractivity contribution < 1.29 is 14.3 Å². The predicted octanol–water partition coefficient (Wildman–Crippen LogP) is 1.98. The number of methoxy groups -OCH3 is 1. The standard InChI is InChI=1S/C20H29N5O3S/c1-4-25-19(24-11-13-28-14-12-24)22-23-20(25)29-15(2)18(26)21-10-9-16-5-7-17(27-3)8-6-16/h5-8,15H,4,9-14H2,1-3H3,(H,21,26)/t15-/m1/s1. The van der Waals surface area contributed by atoms with Crippen molar-refractivity contribution in [1.82, 2.24) is 20.1 Å². The monoisotopic (exact) mass is 419 g/mol. The zero-order valence-electron chi connectivity index (χ0n) is 17.3. The quantitative estimate of drug-likeness (QED) is 0.623. The second-order valence-electron chi connectivity index (χ2n) is 6.78. The smallest absolute Gasteiger partial charge is 0.233 e. The summed E-state index contributed by atoms with van der Waals surface area (Å²) in [6.07, 6.45) is 0.777. The zero-order valence-corrected chi connectivity index (χ0v) is 18.1. The van der Waals surface area contributed by atoms with Gasteiger partial charge in [0.15, 0.2) is 5.16 Å². The molecule has 0 unspecified atom stereocenters. The molecule has 2 heterocycles. The maximum atomic E-state index is 12.5. The van der Waals surface area contributed by atoms with Crippen molar-refractivity contribution in [2.75, 3.05) is 44.9 Å². The summed E-state index contributed by atoms with van der Waals surface area (Å²) in [7, 11) is 1.65. The molecule has 0 bridgehead atoms. The second-order valence-corrected chi connectivity index (χ2v) is 8.08. The highest BCUT2D eigenvalue weighted by Gasteiger charge is 2.23. The van der Waals surface area contributed by atoms with Gasteiger partial charge >= 0.3 is 0 Å². The zero-order chi connectivity index (χ0) is 20.6. The number of nitrogens with zero attached hydrogens (tertiary/aromatic N) is 4. The number of hydrogen-bond acceptors (Lipinski definition) is 7. The summed E-state index contributed by atoms with van der Waals surface area (Å²) < 4.78 is 12.6. The van der Waals surface area contributed by atoms with Gasteiger partial charge in [0, 0.05) is 26.2 Å². The Kier molecular flexibility index (Phi) is 7.76. The number of hydrogen-bond donors (Lipinski definition) is 1. The van der Waals surface area contributed by atoms with Crippen molar-refractivity contribution in [3.05, 3.63) is 29.8 Å². The molecule has 1 atom stereocenters. The van der Waals surface area contributed by atoms with Gasteiger partial charge in [-0.1, -0.05) is 23.9 Å². The van der Waals surface area contributed by atoms with Crippen LogP contribution in [0.15, 0.2) is 29.4 Å². The third-order valence-corrected chi connectivity index (χ3v) is 5.91. The molecule has 9 heteroatoms. The Morgan fingerprint density at radius 2 is 2.00 bits per heavy atom. The lowest BCUT2D eigenvalue weighted by atomic mass is 10.1. The summed E-state index contributed by atoms with van der Waals surface area (Å²) in [6.45, 7) is 8.34. The Morgan fingerprint density at radius 1 is 1.28 bits per heavy atom. The van der Waals surface area contributed by atoms with Crippen LogP contribution in [0.1, 0.15) is 19.4 Å². The van der Waals surface area contributed by atoms with Gasteiger partial charge in [-0.3, -0.25) is 9.36 Å². The Balaban J connectivity index is 1.51. The molecule has 1 aliphatic heterocycles. The number of aromatic nitrogens is 3. The highest BCUT2D eigenvalue weighted by atomic mass is 32.2. The summed E-state index contributed by atoms with van der Waals surface area (Å²) in [4.78, 5) is 14.7. The van der Waals surface area contributed by atoms with Crippen LogP contribution in [-0.2, 0) is 22.5 Å². The third kappa shape index (κ3) is 5.63. The van der Waals surface area contributed by atoms with Crippen LogP contribution in [0.5, 0.6) is 5.75 Å². The molecule has 0 spiro atoms. The first-order valence-corrected chi connectivity index (χ1v) is 10.8. The van der Waals surface area contributed by atoms with Crippen molar-refractivity contribution in [3.8, 4) is 5.75 Å². The molecular weight excluding hydrogens is 390 g/mol. The summed E-state index contributed by atoms with van der Waals surface area (Å²) >= 11 is 1.44. The number of amides is 1. The van der Waals surface area contributed by atoms with Gasteiger partial charge in [-0.05, 0) is 38.0 Å². The number of anilines is 1. The van der Waals surface area contributed by atoms with E-state index < -0.39 is 0 Å². The molecule has 1 aromatic heterocycles. The van der Waals surface area contributed by atoms with Crippen LogP contribution in [0.25, 0.3) is 0 Å². The van der Waals surface area contributed by atoms with Crippen LogP contribution in [0.4, 0.5) is 5.95 Å². The van der Waals surface area contributed by atoms with Gasteiger partial charge in [-0.2, -0.15) is 0 Å². The Bertz CT molecular complexity index is 790. The van der Waals surface area contributed by atoms with E-state index in [1.54, 1.807) is 7.11 Å². The lowest BCUT2D eigenvalue weighted by Crippen LogP contribution is -2.38. The number of rotatable bonds is 9. The van der Waals surface area contributed by atoms with Crippen LogP contribution < -0.4 is 15.0 Å². The number of carbonyl (C=O) groups is 1. The summed E-state index contributed by atoms with van der Waals surface area (Å²) in [5.74, 6) is 1.69. The number of nitrogens with one attached hydrogen (secondary N) is 1. The van der Waals surface area contributed by atoms with Crippen molar-refractivity contribution in [1.29, 1.82) is 0 Å². The highest BCUT2D eigenvalue weighted by Crippen LogP contribution is 2.26. The molecule has 0 saturated carbocycles. The lowest BCUT2D eigenvalue weighted by molar-refractivity contribution is -0.120. The fraction of sp³-hybridized carbons (Fsp3) is 0.550. The molecule has 8 nitrogen and oxygen atoms in total. The third-order valence-electron chi connectivity index (χ3n) is 4.83. The van der Waals surface area contributed by atoms with Crippen molar-refractivity contribution in [2.24, 2.45) is 0 Å². The lowest BCUT2D eigenvalue weighted by Gasteiger charge is -2.27. The maximum Gasteiger partial charge on any atom is 0.233 e. The molecule has 1 N–H and O–H groups in total. The second kappa shape index (κ2) is 10.5. The van der Waals surface area contributed by atoms with E-state index in [0.717, 1.165) is 48.5 Å². The molecule has 158 valence electrons. The normalized spacial score (nSPS) is 15.2. The summed E-state index contributed by atoms with van der Waals surface area (Å²) in [5, 5.41) is 12.2. The minimum absolute atomic E-state index is 0.00193. The number of ether oxygens (including phenoxy) is 2. The van der Waals surface area contributed by atoms with E-state index in [-0.39, 0.29) is 11.2 Å². The fourth-order valence-electron chi connectivity index (χ4n) is 3.12. The van der Waals surface area contributed by atoms with Crippen LogP contribution in [-0.4, -0.2) is 65.9 Å². The van der Waals surface area contributed by atoms with Crippen molar-refractivity contribution in [3.63, 3.8) is 0 Å². The molecule has 1 saturated heterocycles. The van der Waals surface area contributed by atoms with Crippen molar-refractivity contribution in [2.45, 2.75) is 37.2 Å². The Morgan fingerprint density at radius 3 is 2.66 bits per heavy atom. The van der Waals surface area contributed by atoms with Crippen LogP contribution in [0.3, 0.4) is 0 Å². The first kappa shape index (κ1) is 21.4. The van der Waals surface area contributed by atoms with Gasteiger partial charge in [0.1, 0.15) is 5.75 Å². The van der Waals surface area contributed by atoms with Gasteiger partial charge in [-0.25, -0.2) is 0 Å². The molecule has 0 aliphatic carbocycles. The molecule has 1 aromatic carbocycles. The first-order chi connectivity index (χ1) is 14.1. The van der Waals surface area contributed by atoms with E-state index in [1.807, 2.05) is 31.2 Å². The number of morpholine rings is 1. The average Bonchev–Trinajstić information content (AvgIpc) is 3.17. The minimum Gasteiger partial charge on any atom is -0.497 e. The van der Waals surface area contributed by atoms with Crippen LogP contribution in [0.2, 0.25) is 0 Å². The van der Waals surface area contributed by atoms with Crippen LogP contribution >= 0.6 is 11.8 Å². The largest absolute Gasteiger partial charge is 0.497 e. The Labute approximate surface area is 176 Å². The molecule has 1 aliphatic rings. The molecule has 0 radical (unpaired) electrons. The van der Waals surface area contributed by atoms with E-state index in [2.05, 4.69) is 31.9 Å². The number of thioether (sulfide) groups is 1. The number of carbonyl (C=O) groups excluding carboxylic acids is 1. The molecule has 2 aromatic rings. The Hall–Kier alpha value is -2.26. The summed E-state index contributed by atoms with van der Waals surface area (Å²) in [5.41, 5.74) is 1.16. The summed E-state index contributed by atoms with van der Waals surface area (Å²) in [6, 6.07) is 7.89. The van der Waals surface area contributed by atoms with Gasteiger partial charge in [0.2, 0.25) is 11.9 Å². The van der Waals surface area contributed by atoms with Gasteiger partial charge in [0.05, 0.1) is 25.6 Å². The van der Waals surface area contributed by atoms with E-state index in [1.165, 1.54) is 11.8 Å². The molecule has 3 rings (SSSR count). The molecule has 29 heavy (non-hydrogen) atoms. The molecule has 1 fully saturated rings. The average molecular weight is 420 g/mol. The van der Waals surface area contributed by atoms with E-state index >= 15 is 0 Å². The van der Waals surface area contributed by atoms with Crippen molar-refractivity contribution >= 4 is 23.6 Å². The number of benzene rings is 1. The fourth-order valence-corrected chi connectivity index (χ4v) is 4.05. The van der Waals surface area contributed by atoms with E-state index in [4.69, 9.17) is 9.47 Å². The van der Waals surface area contributed by atoms with Crippen LogP contribution in [0, 0.1) is 0 Å². The first-order valence-electron chi connectivity index (χ1n) is 9.95. The van der Waals surface area contributed by atoms with E-state index in [9.17, 15) is 4.79 Å². The molecule has 1 amide bonds. The highest BCUT2D eigenvalue weighted by molar-refractivity contribution is 8.00. The van der Waals surface area contributed by atoms with Gasteiger partial charge < -0.3 is 19.7 Å². The molecular formula is C20H29N5O3S. The topological polar surface area (TPSA) is 81.5 Å². The van der Waals surface area contributed by atoms with Gasteiger partial charge in [0.25, 0.3) is 0 Å².